The summed E-state index contributed by atoms with van der Waals surface area (Å²) in [7, 11) is 1.90. The summed E-state index contributed by atoms with van der Waals surface area (Å²) in [6.07, 6.45) is 5.41. The summed E-state index contributed by atoms with van der Waals surface area (Å²) in [5.41, 5.74) is 1.16. The van der Waals surface area contributed by atoms with Gasteiger partial charge >= 0.3 is 0 Å². The van der Waals surface area contributed by atoms with Crippen molar-refractivity contribution in [1.82, 2.24) is 10.3 Å². The minimum Gasteiger partial charge on any atom is -0.310 e. The first-order valence-electron chi connectivity index (χ1n) is 3.68. The number of hydrogen-bond acceptors (Lipinski definition) is 2. The molecule has 0 bridgehead atoms. The maximum Gasteiger partial charge on any atom is 0.0513 e. The first kappa shape index (κ1) is 9.42. The highest BCUT2D eigenvalue weighted by atomic mass is 79.9. The number of nitrogens with zero attached hydrogens (tertiary/aromatic N) is 1. The maximum absolute atomic E-state index is 3.99. The SMILES string of the molecule is C=CC(NC)c1ccncc1Br. The van der Waals surface area contributed by atoms with Crippen LogP contribution in [-0.4, -0.2) is 12.0 Å². The summed E-state index contributed by atoms with van der Waals surface area (Å²) in [5, 5.41) is 3.13. The number of halogens is 1. The minimum atomic E-state index is 0.183. The average molecular weight is 227 g/mol. The summed E-state index contributed by atoms with van der Waals surface area (Å²) in [6, 6.07) is 2.15. The van der Waals surface area contributed by atoms with Crippen LogP contribution in [0.5, 0.6) is 0 Å². The minimum absolute atomic E-state index is 0.183. The molecule has 0 aliphatic carbocycles. The van der Waals surface area contributed by atoms with Gasteiger partial charge in [0.15, 0.2) is 0 Å². The van der Waals surface area contributed by atoms with E-state index in [2.05, 4.69) is 32.8 Å². The van der Waals surface area contributed by atoms with Gasteiger partial charge in [0.2, 0.25) is 0 Å². The number of hydrogen-bond donors (Lipinski definition) is 1. The van der Waals surface area contributed by atoms with Crippen molar-refractivity contribution in [2.24, 2.45) is 0 Å². The lowest BCUT2D eigenvalue weighted by molar-refractivity contribution is 0.712. The van der Waals surface area contributed by atoms with Crippen LogP contribution in [0.25, 0.3) is 0 Å². The number of aromatic nitrogens is 1. The lowest BCUT2D eigenvalue weighted by atomic mass is 10.1. The topological polar surface area (TPSA) is 24.9 Å². The molecule has 0 saturated heterocycles. The molecule has 0 aliphatic heterocycles. The second kappa shape index (κ2) is 4.38. The molecule has 64 valence electrons. The highest BCUT2D eigenvalue weighted by Gasteiger charge is 2.07. The molecule has 1 unspecified atom stereocenters. The molecule has 1 N–H and O–H groups in total. The van der Waals surface area contributed by atoms with Gasteiger partial charge in [-0.25, -0.2) is 0 Å². The number of nitrogens with one attached hydrogen (secondary N) is 1. The second-order valence-electron chi connectivity index (χ2n) is 2.40. The van der Waals surface area contributed by atoms with Crippen molar-refractivity contribution < 1.29 is 0 Å². The average Bonchev–Trinajstić information content (AvgIpc) is 2.10. The van der Waals surface area contributed by atoms with Gasteiger partial charge in [0.05, 0.1) is 6.04 Å². The Morgan fingerprint density at radius 1 is 1.75 bits per heavy atom. The zero-order valence-electron chi connectivity index (χ0n) is 6.92. The van der Waals surface area contributed by atoms with Gasteiger partial charge in [0.1, 0.15) is 0 Å². The van der Waals surface area contributed by atoms with Gasteiger partial charge in [-0.15, -0.1) is 6.58 Å². The summed E-state index contributed by atoms with van der Waals surface area (Å²) < 4.78 is 1.00. The van der Waals surface area contributed by atoms with Crippen molar-refractivity contribution >= 4 is 15.9 Å². The Hall–Kier alpha value is -0.670. The van der Waals surface area contributed by atoms with Crippen LogP contribution in [0.15, 0.2) is 35.6 Å². The first-order chi connectivity index (χ1) is 5.79. The monoisotopic (exact) mass is 226 g/mol. The van der Waals surface area contributed by atoms with Crippen LogP contribution in [0, 0.1) is 0 Å². The van der Waals surface area contributed by atoms with Gasteiger partial charge in [0.25, 0.3) is 0 Å². The van der Waals surface area contributed by atoms with Gasteiger partial charge in [-0.2, -0.15) is 0 Å². The lowest BCUT2D eigenvalue weighted by Gasteiger charge is -2.12. The molecule has 0 saturated carbocycles. The van der Waals surface area contributed by atoms with Gasteiger partial charge < -0.3 is 5.32 Å². The third-order valence-electron chi connectivity index (χ3n) is 1.69. The largest absolute Gasteiger partial charge is 0.310 e. The Morgan fingerprint density at radius 3 is 3.00 bits per heavy atom. The van der Waals surface area contributed by atoms with E-state index in [0.29, 0.717) is 0 Å². The fourth-order valence-electron chi connectivity index (χ4n) is 1.04. The van der Waals surface area contributed by atoms with Crippen molar-refractivity contribution in [3.8, 4) is 0 Å². The van der Waals surface area contributed by atoms with E-state index < -0.39 is 0 Å². The van der Waals surface area contributed by atoms with Gasteiger partial charge in [-0.1, -0.05) is 6.08 Å². The molecule has 1 atom stereocenters. The van der Waals surface area contributed by atoms with E-state index in [4.69, 9.17) is 0 Å². The summed E-state index contributed by atoms with van der Waals surface area (Å²) in [4.78, 5) is 3.99. The van der Waals surface area contributed by atoms with E-state index in [-0.39, 0.29) is 6.04 Å². The molecule has 3 heteroatoms. The van der Waals surface area contributed by atoms with E-state index >= 15 is 0 Å². The predicted molar refractivity (Wildman–Crippen MR) is 53.9 cm³/mol. The quantitative estimate of drug-likeness (QED) is 0.801. The molecule has 0 aliphatic rings. The molecule has 1 rings (SSSR count). The highest BCUT2D eigenvalue weighted by Crippen LogP contribution is 2.22. The van der Waals surface area contributed by atoms with Crippen LogP contribution in [-0.2, 0) is 0 Å². The zero-order valence-corrected chi connectivity index (χ0v) is 8.51. The maximum atomic E-state index is 3.99. The summed E-state index contributed by atoms with van der Waals surface area (Å²) in [6.45, 7) is 3.75. The lowest BCUT2D eigenvalue weighted by Crippen LogP contribution is -2.13. The van der Waals surface area contributed by atoms with E-state index in [9.17, 15) is 0 Å². The molecule has 0 amide bonds. The molecule has 1 heterocycles. The number of likely N-dealkylation sites (N-methyl/N-ethyl adjacent to an activating group) is 1. The Kier molecular flexibility index (Phi) is 3.44. The first-order valence-corrected chi connectivity index (χ1v) is 4.48. The second-order valence-corrected chi connectivity index (χ2v) is 3.25. The Morgan fingerprint density at radius 2 is 2.50 bits per heavy atom. The molecule has 0 aromatic carbocycles. The smallest absolute Gasteiger partial charge is 0.0513 e. The Balaban J connectivity index is 3.00. The van der Waals surface area contributed by atoms with Crippen molar-refractivity contribution in [2.45, 2.75) is 6.04 Å². The fourth-order valence-corrected chi connectivity index (χ4v) is 1.54. The van der Waals surface area contributed by atoms with Crippen LogP contribution < -0.4 is 5.32 Å². The van der Waals surface area contributed by atoms with Crippen molar-refractivity contribution in [3.05, 3.63) is 41.2 Å². The Bertz CT molecular complexity index is 273. The van der Waals surface area contributed by atoms with Gasteiger partial charge in [-0.3, -0.25) is 4.98 Å². The third kappa shape index (κ3) is 1.93. The van der Waals surface area contributed by atoms with Crippen LogP contribution in [0.2, 0.25) is 0 Å². The molecule has 0 spiro atoms. The molecule has 0 fully saturated rings. The third-order valence-corrected chi connectivity index (χ3v) is 2.35. The van der Waals surface area contributed by atoms with Crippen LogP contribution >= 0.6 is 15.9 Å². The standard InChI is InChI=1S/C9H11BrN2/c1-3-9(11-2)7-4-5-12-6-8(7)10/h3-6,9,11H,1H2,2H3. The molecule has 12 heavy (non-hydrogen) atoms. The number of pyridine rings is 1. The van der Waals surface area contributed by atoms with Crippen LogP contribution in [0.3, 0.4) is 0 Å². The van der Waals surface area contributed by atoms with Crippen LogP contribution in [0.4, 0.5) is 0 Å². The summed E-state index contributed by atoms with van der Waals surface area (Å²) >= 11 is 3.43. The van der Waals surface area contributed by atoms with Crippen molar-refractivity contribution in [1.29, 1.82) is 0 Å². The molecule has 1 aromatic heterocycles. The molecule has 2 nitrogen and oxygen atoms in total. The normalized spacial score (nSPS) is 12.5. The van der Waals surface area contributed by atoms with E-state index in [1.807, 2.05) is 19.2 Å². The Labute approximate surface area is 80.8 Å². The van der Waals surface area contributed by atoms with E-state index in [0.717, 1.165) is 10.0 Å². The van der Waals surface area contributed by atoms with Crippen molar-refractivity contribution in [3.63, 3.8) is 0 Å². The molecular weight excluding hydrogens is 216 g/mol. The van der Waals surface area contributed by atoms with Crippen molar-refractivity contribution in [2.75, 3.05) is 7.05 Å². The van der Waals surface area contributed by atoms with Crippen LogP contribution in [0.1, 0.15) is 11.6 Å². The number of rotatable bonds is 3. The van der Waals surface area contributed by atoms with E-state index in [1.165, 1.54) is 0 Å². The highest BCUT2D eigenvalue weighted by molar-refractivity contribution is 9.10. The summed E-state index contributed by atoms with van der Waals surface area (Å²) in [5.74, 6) is 0. The van der Waals surface area contributed by atoms with Gasteiger partial charge in [0, 0.05) is 16.9 Å². The van der Waals surface area contributed by atoms with E-state index in [1.54, 1.807) is 12.4 Å². The molecular formula is C9H11BrN2. The zero-order chi connectivity index (χ0) is 8.97. The fraction of sp³-hybridized carbons (Fsp3) is 0.222. The van der Waals surface area contributed by atoms with Gasteiger partial charge in [-0.05, 0) is 34.6 Å². The molecule has 0 radical (unpaired) electrons. The molecule has 1 aromatic rings. The predicted octanol–water partition coefficient (Wildman–Crippen LogP) is 2.29.